The lowest BCUT2D eigenvalue weighted by Crippen LogP contribution is -2.32. The highest BCUT2D eigenvalue weighted by molar-refractivity contribution is 7.13. The number of methoxy groups -OCH3 is 2. The molecule has 3 N–H and O–H groups in total. The van der Waals surface area contributed by atoms with Crippen LogP contribution in [0.2, 0.25) is 0 Å². The molecule has 0 aromatic carbocycles. The van der Waals surface area contributed by atoms with E-state index in [4.69, 9.17) is 15.2 Å². The van der Waals surface area contributed by atoms with E-state index in [1.165, 1.54) is 11.3 Å². The molecule has 1 aromatic heterocycles. The molecule has 6 heteroatoms. The van der Waals surface area contributed by atoms with Gasteiger partial charge in [-0.3, -0.25) is 0 Å². The first-order valence-electron chi connectivity index (χ1n) is 5.18. The Morgan fingerprint density at radius 1 is 1.56 bits per heavy atom. The number of hydrogen-bond acceptors (Lipinski definition) is 6. The van der Waals surface area contributed by atoms with Gasteiger partial charge in [-0.2, -0.15) is 0 Å². The van der Waals surface area contributed by atoms with E-state index in [9.17, 15) is 0 Å². The molecular weight excluding hydrogens is 226 g/mol. The van der Waals surface area contributed by atoms with Crippen LogP contribution in [0.1, 0.15) is 5.69 Å². The number of aromatic nitrogens is 1. The smallest absolute Gasteiger partial charge is 0.180 e. The Morgan fingerprint density at radius 3 is 2.94 bits per heavy atom. The molecule has 0 aliphatic rings. The summed E-state index contributed by atoms with van der Waals surface area (Å²) in [6.07, 6.45) is 0.988. The van der Waals surface area contributed by atoms with Crippen molar-refractivity contribution in [3.05, 3.63) is 11.1 Å². The predicted molar refractivity (Wildman–Crippen MR) is 65.8 cm³/mol. The van der Waals surface area contributed by atoms with E-state index < -0.39 is 0 Å². The Hall–Kier alpha value is -0.690. The number of hydrogen-bond donors (Lipinski definition) is 2. The zero-order valence-corrected chi connectivity index (χ0v) is 10.5. The van der Waals surface area contributed by atoms with Gasteiger partial charge >= 0.3 is 0 Å². The van der Waals surface area contributed by atoms with Crippen molar-refractivity contribution in [2.75, 3.05) is 39.6 Å². The van der Waals surface area contributed by atoms with Gasteiger partial charge in [0, 0.05) is 39.1 Å². The van der Waals surface area contributed by atoms with Crippen LogP contribution in [0.15, 0.2) is 5.38 Å². The minimum Gasteiger partial charge on any atom is -0.382 e. The number of anilines is 1. The molecule has 1 rings (SSSR count). The molecule has 1 unspecified atom stereocenters. The third-order valence-corrected chi connectivity index (χ3v) is 2.91. The fourth-order valence-electron chi connectivity index (χ4n) is 1.31. The maximum atomic E-state index is 5.54. The number of nitrogens with one attached hydrogen (secondary N) is 1. The van der Waals surface area contributed by atoms with Crippen LogP contribution < -0.4 is 11.1 Å². The Morgan fingerprint density at radius 2 is 2.38 bits per heavy atom. The van der Waals surface area contributed by atoms with Crippen molar-refractivity contribution in [3.63, 3.8) is 0 Å². The van der Waals surface area contributed by atoms with Crippen LogP contribution in [0.3, 0.4) is 0 Å². The molecule has 0 saturated heterocycles. The maximum Gasteiger partial charge on any atom is 0.180 e. The van der Waals surface area contributed by atoms with Gasteiger partial charge < -0.3 is 20.5 Å². The fourth-order valence-corrected chi connectivity index (χ4v) is 1.91. The molecule has 0 spiro atoms. The Labute approximate surface area is 100.0 Å². The molecule has 16 heavy (non-hydrogen) atoms. The van der Waals surface area contributed by atoms with Gasteiger partial charge in [0.15, 0.2) is 5.13 Å². The zero-order valence-electron chi connectivity index (χ0n) is 9.73. The predicted octanol–water partition coefficient (Wildman–Crippen LogP) is 0.519. The van der Waals surface area contributed by atoms with Gasteiger partial charge in [-0.25, -0.2) is 4.98 Å². The molecule has 92 valence electrons. The van der Waals surface area contributed by atoms with Crippen molar-refractivity contribution in [1.82, 2.24) is 10.3 Å². The van der Waals surface area contributed by atoms with Gasteiger partial charge in [-0.05, 0) is 0 Å². The first-order valence-corrected chi connectivity index (χ1v) is 6.06. The van der Waals surface area contributed by atoms with Crippen LogP contribution in [-0.2, 0) is 15.9 Å². The molecule has 1 atom stereocenters. The molecule has 0 aliphatic heterocycles. The highest BCUT2D eigenvalue weighted by Crippen LogP contribution is 2.10. The number of thiazole rings is 1. The summed E-state index contributed by atoms with van der Waals surface area (Å²) in [5.41, 5.74) is 6.58. The molecule has 0 bridgehead atoms. The van der Waals surface area contributed by atoms with E-state index >= 15 is 0 Å². The minimum atomic E-state index is 0.102. The topological polar surface area (TPSA) is 69.4 Å². The molecule has 0 aliphatic carbocycles. The van der Waals surface area contributed by atoms with E-state index in [0.29, 0.717) is 11.7 Å². The molecule has 5 nitrogen and oxygen atoms in total. The lowest BCUT2D eigenvalue weighted by molar-refractivity contribution is 0.0291. The van der Waals surface area contributed by atoms with Crippen molar-refractivity contribution < 1.29 is 9.47 Å². The van der Waals surface area contributed by atoms with Crippen LogP contribution >= 0.6 is 11.3 Å². The first kappa shape index (κ1) is 13.4. The van der Waals surface area contributed by atoms with E-state index in [-0.39, 0.29) is 6.10 Å². The second-order valence-electron chi connectivity index (χ2n) is 3.44. The first-order chi connectivity index (χ1) is 7.76. The van der Waals surface area contributed by atoms with Crippen molar-refractivity contribution in [1.29, 1.82) is 0 Å². The minimum absolute atomic E-state index is 0.102. The Balaban J connectivity index is 2.11. The summed E-state index contributed by atoms with van der Waals surface area (Å²) in [6.45, 7) is 2.25. The molecule has 0 fully saturated rings. The number of nitrogens with zero attached hydrogens (tertiary/aromatic N) is 1. The Kier molecular flexibility index (Phi) is 6.32. The third-order valence-electron chi connectivity index (χ3n) is 2.19. The summed E-state index contributed by atoms with van der Waals surface area (Å²) < 4.78 is 10.2. The standard InChI is InChI=1S/C10H19N3O2S/c1-14-6-9(15-2)5-12-4-3-8-7-16-10(11)13-8/h7,9,12H,3-6H2,1-2H3,(H2,11,13). The van der Waals surface area contributed by atoms with Crippen LogP contribution in [0, 0.1) is 0 Å². The van der Waals surface area contributed by atoms with Gasteiger partial charge in [0.05, 0.1) is 18.4 Å². The average Bonchev–Trinajstić information content (AvgIpc) is 2.69. The molecular formula is C10H19N3O2S. The molecule has 1 aromatic rings. The van der Waals surface area contributed by atoms with Gasteiger partial charge in [-0.15, -0.1) is 11.3 Å². The van der Waals surface area contributed by atoms with Crippen LogP contribution in [0.4, 0.5) is 5.13 Å². The summed E-state index contributed by atoms with van der Waals surface area (Å²) >= 11 is 1.48. The van der Waals surface area contributed by atoms with E-state index in [1.54, 1.807) is 14.2 Å². The SMILES string of the molecule is COCC(CNCCc1csc(N)n1)OC. The number of rotatable bonds is 8. The highest BCUT2D eigenvalue weighted by Gasteiger charge is 2.05. The normalized spacial score (nSPS) is 12.9. The van der Waals surface area contributed by atoms with Crippen LogP contribution in [0.5, 0.6) is 0 Å². The van der Waals surface area contributed by atoms with Gasteiger partial charge in [0.1, 0.15) is 0 Å². The highest BCUT2D eigenvalue weighted by atomic mass is 32.1. The summed E-state index contributed by atoms with van der Waals surface area (Å²) in [5.74, 6) is 0. The van der Waals surface area contributed by atoms with Crippen LogP contribution in [0.25, 0.3) is 0 Å². The summed E-state index contributed by atoms with van der Waals surface area (Å²) in [7, 11) is 3.36. The second-order valence-corrected chi connectivity index (χ2v) is 4.33. The van der Waals surface area contributed by atoms with E-state index in [1.807, 2.05) is 5.38 Å². The van der Waals surface area contributed by atoms with Crippen molar-refractivity contribution >= 4 is 16.5 Å². The molecule has 0 saturated carbocycles. The number of nitrogen functional groups attached to an aromatic ring is 1. The van der Waals surface area contributed by atoms with E-state index in [0.717, 1.165) is 25.2 Å². The average molecular weight is 245 g/mol. The van der Waals surface area contributed by atoms with Gasteiger partial charge in [0.25, 0.3) is 0 Å². The van der Waals surface area contributed by atoms with Crippen molar-refractivity contribution in [2.45, 2.75) is 12.5 Å². The van der Waals surface area contributed by atoms with Gasteiger partial charge in [-0.1, -0.05) is 0 Å². The van der Waals surface area contributed by atoms with Crippen molar-refractivity contribution in [2.24, 2.45) is 0 Å². The second kappa shape index (κ2) is 7.56. The van der Waals surface area contributed by atoms with Crippen molar-refractivity contribution in [3.8, 4) is 0 Å². The summed E-state index contributed by atoms with van der Waals surface area (Å²) in [6, 6.07) is 0. The quantitative estimate of drug-likeness (QED) is 0.653. The molecule has 0 radical (unpaired) electrons. The molecule has 1 heterocycles. The largest absolute Gasteiger partial charge is 0.382 e. The third kappa shape index (κ3) is 4.89. The zero-order chi connectivity index (χ0) is 11.8. The maximum absolute atomic E-state index is 5.54. The lowest BCUT2D eigenvalue weighted by Gasteiger charge is -2.14. The molecule has 0 amide bonds. The number of ether oxygens (including phenoxy) is 2. The lowest BCUT2D eigenvalue weighted by atomic mass is 10.3. The summed E-state index contributed by atoms with van der Waals surface area (Å²) in [4.78, 5) is 4.18. The number of nitrogens with two attached hydrogens (primary N) is 1. The van der Waals surface area contributed by atoms with Gasteiger partial charge in [0.2, 0.25) is 0 Å². The van der Waals surface area contributed by atoms with Crippen LogP contribution in [-0.4, -0.2) is 45.0 Å². The van der Waals surface area contributed by atoms with E-state index in [2.05, 4.69) is 10.3 Å². The summed E-state index contributed by atoms with van der Waals surface area (Å²) in [5, 5.41) is 5.91. The monoisotopic (exact) mass is 245 g/mol. The fraction of sp³-hybridized carbons (Fsp3) is 0.700. The Bertz CT molecular complexity index is 293.